The average Bonchev–Trinajstić information content (AvgIpc) is 1.82. The average molecular weight is 169 g/mol. The molecule has 1 rings (SSSR count). The van der Waals surface area contributed by atoms with Gasteiger partial charge >= 0.3 is 0 Å². The van der Waals surface area contributed by atoms with Gasteiger partial charge in [-0.1, -0.05) is 27.7 Å². The van der Waals surface area contributed by atoms with E-state index in [9.17, 15) is 0 Å². The van der Waals surface area contributed by atoms with Crippen LogP contribution in [0.15, 0.2) is 0 Å². The minimum atomic E-state index is 0.489. The summed E-state index contributed by atoms with van der Waals surface area (Å²) in [6.45, 7) is 12.0. The summed E-state index contributed by atoms with van der Waals surface area (Å²) in [5.41, 5.74) is 0.489. The maximum Gasteiger partial charge on any atom is 0.00118 e. The standard InChI is InChI=1S/C11H23N/c1-9-6-10(11(2,3)4)8-12(5)7-9/h9-10H,6-8H2,1-5H3. The van der Waals surface area contributed by atoms with Crippen molar-refractivity contribution in [3.8, 4) is 0 Å². The number of nitrogens with zero attached hydrogens (tertiary/aromatic N) is 1. The first-order chi connectivity index (χ1) is 5.39. The fourth-order valence-corrected chi connectivity index (χ4v) is 2.25. The number of rotatable bonds is 0. The van der Waals surface area contributed by atoms with Crippen LogP contribution < -0.4 is 0 Å². The molecular formula is C11H23N. The van der Waals surface area contributed by atoms with E-state index in [2.05, 4.69) is 39.6 Å². The highest BCUT2D eigenvalue weighted by molar-refractivity contribution is 4.82. The van der Waals surface area contributed by atoms with Gasteiger partial charge in [0.05, 0.1) is 0 Å². The summed E-state index contributed by atoms with van der Waals surface area (Å²) < 4.78 is 0. The van der Waals surface area contributed by atoms with E-state index in [1.165, 1.54) is 19.5 Å². The molecular weight excluding hydrogens is 146 g/mol. The lowest BCUT2D eigenvalue weighted by Crippen LogP contribution is -2.41. The maximum absolute atomic E-state index is 2.48. The van der Waals surface area contributed by atoms with Gasteiger partial charge in [0.2, 0.25) is 0 Å². The first-order valence-electron chi connectivity index (χ1n) is 5.08. The SMILES string of the molecule is CC1CC(C(C)(C)C)CN(C)C1. The van der Waals surface area contributed by atoms with Crippen molar-refractivity contribution in [1.82, 2.24) is 4.90 Å². The minimum absolute atomic E-state index is 0.489. The molecule has 1 aliphatic rings. The lowest BCUT2D eigenvalue weighted by Gasteiger charge is -2.41. The maximum atomic E-state index is 2.48. The molecule has 0 saturated carbocycles. The molecule has 0 bridgehead atoms. The molecule has 1 fully saturated rings. The third-order valence-electron chi connectivity index (χ3n) is 3.07. The van der Waals surface area contributed by atoms with Crippen LogP contribution in [0.25, 0.3) is 0 Å². The van der Waals surface area contributed by atoms with Crippen molar-refractivity contribution in [2.45, 2.75) is 34.1 Å². The van der Waals surface area contributed by atoms with Gasteiger partial charge in [-0.05, 0) is 30.7 Å². The summed E-state index contributed by atoms with van der Waals surface area (Å²) in [7, 11) is 2.24. The van der Waals surface area contributed by atoms with Crippen LogP contribution in [0.4, 0.5) is 0 Å². The van der Waals surface area contributed by atoms with Crippen molar-refractivity contribution in [2.24, 2.45) is 17.3 Å². The fourth-order valence-electron chi connectivity index (χ4n) is 2.25. The highest BCUT2D eigenvalue weighted by Gasteiger charge is 2.30. The molecule has 2 unspecified atom stereocenters. The van der Waals surface area contributed by atoms with Crippen molar-refractivity contribution < 1.29 is 0 Å². The molecule has 1 saturated heterocycles. The van der Waals surface area contributed by atoms with Crippen molar-refractivity contribution in [1.29, 1.82) is 0 Å². The van der Waals surface area contributed by atoms with Crippen molar-refractivity contribution in [3.05, 3.63) is 0 Å². The molecule has 12 heavy (non-hydrogen) atoms. The zero-order chi connectivity index (χ0) is 9.35. The van der Waals surface area contributed by atoms with Gasteiger partial charge in [0.25, 0.3) is 0 Å². The molecule has 2 atom stereocenters. The van der Waals surface area contributed by atoms with Crippen LogP contribution in [0.1, 0.15) is 34.1 Å². The molecule has 0 N–H and O–H groups in total. The van der Waals surface area contributed by atoms with Crippen LogP contribution in [-0.2, 0) is 0 Å². The van der Waals surface area contributed by atoms with Crippen LogP contribution in [0.5, 0.6) is 0 Å². The van der Waals surface area contributed by atoms with E-state index in [1.807, 2.05) is 0 Å². The third kappa shape index (κ3) is 2.48. The Morgan fingerprint density at radius 1 is 1.17 bits per heavy atom. The second-order valence-electron chi connectivity index (χ2n) is 5.63. The zero-order valence-corrected chi connectivity index (χ0v) is 9.22. The first-order valence-corrected chi connectivity index (χ1v) is 5.08. The smallest absolute Gasteiger partial charge is 0.00118 e. The Morgan fingerprint density at radius 3 is 2.17 bits per heavy atom. The van der Waals surface area contributed by atoms with Crippen LogP contribution >= 0.6 is 0 Å². The monoisotopic (exact) mass is 169 g/mol. The summed E-state index contributed by atoms with van der Waals surface area (Å²) in [6, 6.07) is 0. The van der Waals surface area contributed by atoms with E-state index >= 15 is 0 Å². The molecule has 1 heterocycles. The molecule has 1 nitrogen and oxygen atoms in total. The van der Waals surface area contributed by atoms with E-state index in [0.29, 0.717) is 5.41 Å². The Morgan fingerprint density at radius 2 is 1.75 bits per heavy atom. The molecule has 1 aliphatic heterocycles. The number of likely N-dealkylation sites (tertiary alicyclic amines) is 1. The largest absolute Gasteiger partial charge is 0.306 e. The summed E-state index contributed by atoms with van der Waals surface area (Å²) >= 11 is 0. The van der Waals surface area contributed by atoms with Gasteiger partial charge in [0, 0.05) is 13.1 Å². The van der Waals surface area contributed by atoms with E-state index < -0.39 is 0 Å². The van der Waals surface area contributed by atoms with Gasteiger partial charge in [-0.25, -0.2) is 0 Å². The Balaban J connectivity index is 2.55. The summed E-state index contributed by atoms with van der Waals surface area (Å²) in [5.74, 6) is 1.76. The Hall–Kier alpha value is -0.0400. The van der Waals surface area contributed by atoms with Crippen molar-refractivity contribution in [3.63, 3.8) is 0 Å². The topological polar surface area (TPSA) is 3.24 Å². The number of piperidine rings is 1. The minimum Gasteiger partial charge on any atom is -0.306 e. The molecule has 72 valence electrons. The molecule has 0 amide bonds. The predicted molar refractivity (Wildman–Crippen MR) is 54.2 cm³/mol. The Kier molecular flexibility index (Phi) is 2.82. The summed E-state index contributed by atoms with van der Waals surface area (Å²) in [5, 5.41) is 0. The fraction of sp³-hybridized carbons (Fsp3) is 1.00. The van der Waals surface area contributed by atoms with Gasteiger partial charge in [-0.15, -0.1) is 0 Å². The van der Waals surface area contributed by atoms with Crippen LogP contribution in [0.2, 0.25) is 0 Å². The lowest BCUT2D eigenvalue weighted by molar-refractivity contribution is 0.0852. The van der Waals surface area contributed by atoms with Crippen molar-refractivity contribution >= 4 is 0 Å². The Labute approximate surface area is 77.1 Å². The number of hydrogen-bond donors (Lipinski definition) is 0. The molecule has 0 aliphatic carbocycles. The molecule has 0 radical (unpaired) electrons. The van der Waals surface area contributed by atoms with E-state index in [1.54, 1.807) is 0 Å². The molecule has 0 aromatic heterocycles. The van der Waals surface area contributed by atoms with Gasteiger partial charge in [-0.3, -0.25) is 0 Å². The third-order valence-corrected chi connectivity index (χ3v) is 3.07. The van der Waals surface area contributed by atoms with Gasteiger partial charge in [0.15, 0.2) is 0 Å². The lowest BCUT2D eigenvalue weighted by atomic mass is 9.74. The Bertz CT molecular complexity index is 136. The van der Waals surface area contributed by atoms with Crippen LogP contribution in [-0.4, -0.2) is 25.0 Å². The van der Waals surface area contributed by atoms with Gasteiger partial charge in [0.1, 0.15) is 0 Å². The highest BCUT2D eigenvalue weighted by Crippen LogP contribution is 2.34. The van der Waals surface area contributed by atoms with E-state index in [4.69, 9.17) is 0 Å². The van der Waals surface area contributed by atoms with E-state index in [0.717, 1.165) is 11.8 Å². The predicted octanol–water partition coefficient (Wildman–Crippen LogP) is 2.62. The zero-order valence-electron chi connectivity index (χ0n) is 9.22. The van der Waals surface area contributed by atoms with E-state index in [-0.39, 0.29) is 0 Å². The second kappa shape index (κ2) is 3.37. The van der Waals surface area contributed by atoms with Crippen LogP contribution in [0, 0.1) is 17.3 Å². The highest BCUT2D eigenvalue weighted by atomic mass is 15.1. The van der Waals surface area contributed by atoms with Crippen LogP contribution in [0.3, 0.4) is 0 Å². The molecule has 0 spiro atoms. The normalized spacial score (nSPS) is 33.8. The molecule has 0 aromatic carbocycles. The second-order valence-corrected chi connectivity index (χ2v) is 5.63. The summed E-state index contributed by atoms with van der Waals surface area (Å²) in [4.78, 5) is 2.48. The van der Waals surface area contributed by atoms with Gasteiger partial charge < -0.3 is 4.90 Å². The van der Waals surface area contributed by atoms with Gasteiger partial charge in [-0.2, -0.15) is 0 Å². The molecule has 1 heteroatoms. The number of hydrogen-bond acceptors (Lipinski definition) is 1. The molecule has 0 aromatic rings. The quantitative estimate of drug-likeness (QED) is 0.539. The summed E-state index contributed by atoms with van der Waals surface area (Å²) in [6.07, 6.45) is 1.41. The first kappa shape index (κ1) is 10.0. The van der Waals surface area contributed by atoms with Crippen molar-refractivity contribution in [2.75, 3.05) is 20.1 Å².